The highest BCUT2D eigenvalue weighted by molar-refractivity contribution is 5.95. The molecule has 2 bridgehead atoms. The molecule has 2 amide bonds. The Kier molecular flexibility index (Phi) is 4.32. The van der Waals surface area contributed by atoms with Gasteiger partial charge in [-0.3, -0.25) is 9.59 Å². The van der Waals surface area contributed by atoms with Crippen molar-refractivity contribution in [3.63, 3.8) is 0 Å². The van der Waals surface area contributed by atoms with Crippen molar-refractivity contribution in [3.8, 4) is 0 Å². The Morgan fingerprint density at radius 3 is 2.65 bits per heavy atom. The zero-order valence-corrected chi connectivity index (χ0v) is 14.5. The standard InChI is InChI=1S/C20H22N4O2/c21-18-9-7-15(10-22-18)19(25)23-12-16-6-8-17(13-23)24(20(16)26)11-14-4-2-1-3-5-14/h1-5,7,9-10,16-17H,6,8,11-13H2,(H2,21,22)/t16-,17+/m1/s1. The van der Waals surface area contributed by atoms with E-state index in [9.17, 15) is 9.59 Å². The summed E-state index contributed by atoms with van der Waals surface area (Å²) in [6.07, 6.45) is 3.29. The smallest absolute Gasteiger partial charge is 0.255 e. The third-order valence-corrected chi connectivity index (χ3v) is 5.31. The number of benzene rings is 1. The molecular weight excluding hydrogens is 328 g/mol. The Hall–Kier alpha value is -2.89. The number of nitrogens with two attached hydrogens (primary N) is 1. The van der Waals surface area contributed by atoms with Crippen molar-refractivity contribution in [2.24, 2.45) is 5.92 Å². The average molecular weight is 350 g/mol. The fraction of sp³-hybridized carbons (Fsp3) is 0.350. The molecule has 4 heterocycles. The number of anilines is 1. The Morgan fingerprint density at radius 1 is 1.12 bits per heavy atom. The lowest BCUT2D eigenvalue weighted by Crippen LogP contribution is -2.47. The van der Waals surface area contributed by atoms with Crippen LogP contribution in [0.5, 0.6) is 0 Å². The van der Waals surface area contributed by atoms with Gasteiger partial charge in [0.2, 0.25) is 5.91 Å². The normalized spacial score (nSPS) is 22.4. The highest BCUT2D eigenvalue weighted by Gasteiger charge is 2.41. The topological polar surface area (TPSA) is 79.5 Å². The molecule has 0 unspecified atom stereocenters. The quantitative estimate of drug-likeness (QED) is 0.917. The van der Waals surface area contributed by atoms with E-state index in [1.165, 1.54) is 6.20 Å². The molecule has 3 fully saturated rings. The number of pyridine rings is 1. The molecule has 0 aliphatic carbocycles. The molecule has 3 saturated heterocycles. The molecule has 0 saturated carbocycles. The number of amides is 2. The highest BCUT2D eigenvalue weighted by atomic mass is 16.2. The van der Waals surface area contributed by atoms with Crippen LogP contribution in [0.1, 0.15) is 28.8 Å². The van der Waals surface area contributed by atoms with Gasteiger partial charge in [0, 0.05) is 31.9 Å². The lowest BCUT2D eigenvalue weighted by atomic mass is 9.93. The molecule has 2 N–H and O–H groups in total. The summed E-state index contributed by atoms with van der Waals surface area (Å²) in [7, 11) is 0. The number of nitrogen functional groups attached to an aromatic ring is 1. The third kappa shape index (κ3) is 3.14. The van der Waals surface area contributed by atoms with Crippen LogP contribution in [-0.4, -0.2) is 45.7 Å². The van der Waals surface area contributed by atoms with Crippen LogP contribution in [0.3, 0.4) is 0 Å². The Balaban J connectivity index is 1.54. The summed E-state index contributed by atoms with van der Waals surface area (Å²) in [6, 6.07) is 13.4. The van der Waals surface area contributed by atoms with Gasteiger partial charge in [0.15, 0.2) is 0 Å². The molecule has 2 atom stereocenters. The van der Waals surface area contributed by atoms with Crippen LogP contribution in [0.2, 0.25) is 0 Å². The molecule has 3 aliphatic heterocycles. The zero-order chi connectivity index (χ0) is 18.1. The predicted molar refractivity (Wildman–Crippen MR) is 98.1 cm³/mol. The van der Waals surface area contributed by atoms with E-state index in [1.54, 1.807) is 17.0 Å². The van der Waals surface area contributed by atoms with Crippen molar-refractivity contribution in [1.29, 1.82) is 0 Å². The van der Waals surface area contributed by atoms with Gasteiger partial charge in [-0.25, -0.2) is 4.98 Å². The summed E-state index contributed by atoms with van der Waals surface area (Å²) < 4.78 is 0. The number of hydrogen-bond donors (Lipinski definition) is 1. The van der Waals surface area contributed by atoms with E-state index < -0.39 is 0 Å². The second-order valence-corrected chi connectivity index (χ2v) is 7.06. The fourth-order valence-corrected chi connectivity index (χ4v) is 3.91. The minimum Gasteiger partial charge on any atom is -0.384 e. The predicted octanol–water partition coefficient (Wildman–Crippen LogP) is 1.93. The average Bonchev–Trinajstić information content (AvgIpc) is 2.95. The number of hydrogen-bond acceptors (Lipinski definition) is 4. The van der Waals surface area contributed by atoms with E-state index in [2.05, 4.69) is 4.98 Å². The Morgan fingerprint density at radius 2 is 1.92 bits per heavy atom. The molecule has 3 aliphatic rings. The van der Waals surface area contributed by atoms with Crippen molar-refractivity contribution in [1.82, 2.24) is 14.8 Å². The van der Waals surface area contributed by atoms with Crippen molar-refractivity contribution in [2.45, 2.75) is 25.4 Å². The van der Waals surface area contributed by atoms with Gasteiger partial charge in [-0.1, -0.05) is 30.3 Å². The zero-order valence-electron chi connectivity index (χ0n) is 14.5. The minimum absolute atomic E-state index is 0.0622. The van der Waals surface area contributed by atoms with Gasteiger partial charge in [0.1, 0.15) is 5.82 Å². The number of fused-ring (bicyclic) bond motifs is 4. The summed E-state index contributed by atoms with van der Waals surface area (Å²) in [5.74, 6) is 0.351. The van der Waals surface area contributed by atoms with Crippen molar-refractivity contribution in [2.75, 3.05) is 18.8 Å². The summed E-state index contributed by atoms with van der Waals surface area (Å²) in [4.78, 5) is 33.6. The Bertz CT molecular complexity index is 806. The van der Waals surface area contributed by atoms with E-state index in [0.717, 1.165) is 18.4 Å². The van der Waals surface area contributed by atoms with Gasteiger partial charge < -0.3 is 15.5 Å². The van der Waals surface area contributed by atoms with Crippen LogP contribution in [0, 0.1) is 5.92 Å². The summed E-state index contributed by atoms with van der Waals surface area (Å²) in [6.45, 7) is 1.65. The first-order valence-electron chi connectivity index (χ1n) is 8.97. The van der Waals surface area contributed by atoms with Gasteiger partial charge >= 0.3 is 0 Å². The van der Waals surface area contributed by atoms with E-state index in [0.29, 0.717) is 31.0 Å². The van der Waals surface area contributed by atoms with E-state index in [1.807, 2.05) is 35.2 Å². The molecule has 0 spiro atoms. The number of nitrogens with zero attached hydrogens (tertiary/aromatic N) is 3. The molecule has 1 aromatic heterocycles. The lowest BCUT2D eigenvalue weighted by Gasteiger charge is -2.36. The van der Waals surface area contributed by atoms with Crippen LogP contribution in [-0.2, 0) is 11.3 Å². The van der Waals surface area contributed by atoms with E-state index in [4.69, 9.17) is 5.73 Å². The largest absolute Gasteiger partial charge is 0.384 e. The number of aromatic nitrogens is 1. The summed E-state index contributed by atoms with van der Waals surface area (Å²) >= 11 is 0. The molecule has 134 valence electrons. The first-order valence-corrected chi connectivity index (χ1v) is 8.97. The van der Waals surface area contributed by atoms with E-state index >= 15 is 0 Å². The fourth-order valence-electron chi connectivity index (χ4n) is 3.91. The molecule has 26 heavy (non-hydrogen) atoms. The number of rotatable bonds is 3. The molecule has 6 nitrogen and oxygen atoms in total. The number of carbonyl (C=O) groups is 2. The van der Waals surface area contributed by atoms with Gasteiger partial charge in [-0.2, -0.15) is 0 Å². The SMILES string of the molecule is Nc1ccc(C(=O)N2C[C@H]3CC[C@@H](C2)N(Cc2ccccc2)C3=O)cn1. The monoisotopic (exact) mass is 350 g/mol. The van der Waals surface area contributed by atoms with Crippen LogP contribution in [0.4, 0.5) is 5.82 Å². The third-order valence-electron chi connectivity index (χ3n) is 5.31. The van der Waals surface area contributed by atoms with Gasteiger partial charge in [0.05, 0.1) is 11.5 Å². The molecule has 0 radical (unpaired) electrons. The first-order chi connectivity index (χ1) is 12.6. The van der Waals surface area contributed by atoms with Gasteiger partial charge in [0.25, 0.3) is 5.91 Å². The second-order valence-electron chi connectivity index (χ2n) is 7.06. The van der Waals surface area contributed by atoms with Crippen LogP contribution in [0.25, 0.3) is 0 Å². The summed E-state index contributed by atoms with van der Waals surface area (Å²) in [5, 5.41) is 0. The maximum Gasteiger partial charge on any atom is 0.255 e. The molecular formula is C20H22N4O2. The Labute approximate surface area is 152 Å². The van der Waals surface area contributed by atoms with Gasteiger partial charge in [-0.15, -0.1) is 0 Å². The van der Waals surface area contributed by atoms with Crippen LogP contribution >= 0.6 is 0 Å². The molecule has 5 rings (SSSR count). The maximum absolute atomic E-state index is 12.9. The minimum atomic E-state index is -0.122. The van der Waals surface area contributed by atoms with Crippen molar-refractivity contribution < 1.29 is 9.59 Å². The van der Waals surface area contributed by atoms with Crippen molar-refractivity contribution in [3.05, 3.63) is 59.8 Å². The van der Waals surface area contributed by atoms with E-state index in [-0.39, 0.29) is 23.8 Å². The highest BCUT2D eigenvalue weighted by Crippen LogP contribution is 2.31. The van der Waals surface area contributed by atoms with Crippen LogP contribution in [0.15, 0.2) is 48.7 Å². The lowest BCUT2D eigenvalue weighted by molar-refractivity contribution is -0.140. The summed E-state index contributed by atoms with van der Waals surface area (Å²) in [5.41, 5.74) is 7.24. The molecule has 2 aromatic rings. The second kappa shape index (κ2) is 6.78. The van der Waals surface area contributed by atoms with Gasteiger partial charge in [-0.05, 0) is 30.5 Å². The molecule has 1 aromatic carbocycles. The number of carbonyl (C=O) groups excluding carboxylic acids is 2. The maximum atomic E-state index is 12.9. The van der Waals surface area contributed by atoms with Crippen molar-refractivity contribution >= 4 is 17.6 Å². The first kappa shape index (κ1) is 16.6. The molecule has 6 heteroatoms. The number of piperidine rings is 1. The van der Waals surface area contributed by atoms with Crippen LogP contribution < -0.4 is 5.73 Å².